The SMILES string of the molecule is Cn1nc2cc(N)ccc2c1-c1ncc(Cl)c(-c2cnn(S(C)(=O)=O)c2)n1. The van der Waals surface area contributed by atoms with Crippen LogP contribution in [0.5, 0.6) is 0 Å². The quantitative estimate of drug-likeness (QED) is 0.518. The van der Waals surface area contributed by atoms with Crippen molar-refractivity contribution >= 4 is 38.2 Å². The first-order valence-corrected chi connectivity index (χ1v) is 9.97. The number of nitrogens with two attached hydrogens (primary N) is 1. The van der Waals surface area contributed by atoms with E-state index in [4.69, 9.17) is 17.3 Å². The fourth-order valence-electron chi connectivity index (χ4n) is 2.77. The maximum absolute atomic E-state index is 11.6. The van der Waals surface area contributed by atoms with Crippen molar-refractivity contribution in [1.29, 1.82) is 0 Å². The van der Waals surface area contributed by atoms with Crippen molar-refractivity contribution in [2.45, 2.75) is 0 Å². The standard InChI is InChI=1S/C16H14ClN7O2S/c1-23-15(11-4-3-10(18)5-13(11)22-23)16-19-7-12(17)14(21-16)9-6-20-24(8-9)27(2,25)26/h3-8H,18H2,1-2H3. The number of nitrogens with zero attached hydrogens (tertiary/aromatic N) is 6. The molecule has 1 aromatic carbocycles. The number of halogens is 1. The molecule has 4 rings (SSSR count). The van der Waals surface area contributed by atoms with Gasteiger partial charge in [-0.05, 0) is 18.2 Å². The molecule has 27 heavy (non-hydrogen) atoms. The van der Waals surface area contributed by atoms with Crippen LogP contribution in [0.1, 0.15) is 0 Å². The van der Waals surface area contributed by atoms with Gasteiger partial charge in [0.1, 0.15) is 5.69 Å². The normalized spacial score (nSPS) is 12.0. The Morgan fingerprint density at radius 3 is 2.70 bits per heavy atom. The lowest BCUT2D eigenvalue weighted by Gasteiger charge is -2.05. The number of aryl methyl sites for hydroxylation is 1. The Morgan fingerprint density at radius 2 is 2.00 bits per heavy atom. The first-order valence-electron chi connectivity index (χ1n) is 7.75. The number of nitrogen functional groups attached to an aromatic ring is 1. The molecule has 9 nitrogen and oxygen atoms in total. The second-order valence-electron chi connectivity index (χ2n) is 6.00. The molecule has 0 aliphatic heterocycles. The van der Waals surface area contributed by atoms with Crippen LogP contribution in [-0.2, 0) is 17.1 Å². The molecule has 0 spiro atoms. The minimum Gasteiger partial charge on any atom is -0.399 e. The van der Waals surface area contributed by atoms with E-state index in [2.05, 4.69) is 20.2 Å². The van der Waals surface area contributed by atoms with E-state index < -0.39 is 10.0 Å². The Hall–Kier alpha value is -2.98. The van der Waals surface area contributed by atoms with Crippen molar-refractivity contribution in [3.8, 4) is 22.8 Å². The van der Waals surface area contributed by atoms with Gasteiger partial charge in [-0.2, -0.15) is 14.3 Å². The van der Waals surface area contributed by atoms with Crippen LogP contribution in [-0.4, -0.2) is 43.6 Å². The van der Waals surface area contributed by atoms with E-state index in [1.807, 2.05) is 6.07 Å². The third kappa shape index (κ3) is 3.02. The highest BCUT2D eigenvalue weighted by atomic mass is 35.5. The summed E-state index contributed by atoms with van der Waals surface area (Å²) in [5.41, 5.74) is 8.68. The first kappa shape index (κ1) is 17.4. The van der Waals surface area contributed by atoms with Crippen LogP contribution in [0, 0.1) is 0 Å². The predicted octanol–water partition coefficient (Wildman–Crippen LogP) is 1.94. The van der Waals surface area contributed by atoms with Crippen LogP contribution in [0.2, 0.25) is 5.02 Å². The highest BCUT2D eigenvalue weighted by molar-refractivity contribution is 7.89. The number of hydrogen-bond donors (Lipinski definition) is 1. The molecule has 0 unspecified atom stereocenters. The summed E-state index contributed by atoms with van der Waals surface area (Å²) in [6, 6.07) is 5.40. The second kappa shape index (κ2) is 6.03. The molecule has 0 aliphatic carbocycles. The summed E-state index contributed by atoms with van der Waals surface area (Å²) in [4.78, 5) is 8.85. The predicted molar refractivity (Wildman–Crippen MR) is 103 cm³/mol. The van der Waals surface area contributed by atoms with Gasteiger partial charge in [-0.1, -0.05) is 11.6 Å². The summed E-state index contributed by atoms with van der Waals surface area (Å²) in [5.74, 6) is 0.399. The molecule has 0 bridgehead atoms. The van der Waals surface area contributed by atoms with E-state index in [9.17, 15) is 8.42 Å². The maximum Gasteiger partial charge on any atom is 0.250 e. The van der Waals surface area contributed by atoms with Crippen molar-refractivity contribution in [2.24, 2.45) is 7.05 Å². The highest BCUT2D eigenvalue weighted by Gasteiger charge is 2.18. The van der Waals surface area contributed by atoms with Crippen molar-refractivity contribution < 1.29 is 8.42 Å². The molecule has 0 amide bonds. The van der Waals surface area contributed by atoms with Gasteiger partial charge in [-0.15, -0.1) is 0 Å². The topological polar surface area (TPSA) is 122 Å². The Balaban J connectivity index is 1.89. The van der Waals surface area contributed by atoms with Gasteiger partial charge < -0.3 is 5.73 Å². The van der Waals surface area contributed by atoms with Crippen LogP contribution < -0.4 is 5.73 Å². The van der Waals surface area contributed by atoms with Crippen LogP contribution in [0.3, 0.4) is 0 Å². The Morgan fingerprint density at radius 1 is 1.22 bits per heavy atom. The Labute approximate surface area is 159 Å². The summed E-state index contributed by atoms with van der Waals surface area (Å²) < 4.78 is 25.8. The first-order chi connectivity index (χ1) is 12.7. The molecule has 3 aromatic heterocycles. The van der Waals surface area contributed by atoms with E-state index in [1.54, 1.807) is 23.9 Å². The summed E-state index contributed by atoms with van der Waals surface area (Å²) in [7, 11) is -1.72. The molecule has 0 aliphatic rings. The lowest BCUT2D eigenvalue weighted by Crippen LogP contribution is -2.09. The van der Waals surface area contributed by atoms with E-state index >= 15 is 0 Å². The summed E-state index contributed by atoms with van der Waals surface area (Å²) in [6.45, 7) is 0. The van der Waals surface area contributed by atoms with Gasteiger partial charge in [-0.3, -0.25) is 4.68 Å². The fraction of sp³-hybridized carbons (Fsp3) is 0.125. The maximum atomic E-state index is 11.6. The van der Waals surface area contributed by atoms with Crippen molar-refractivity contribution in [3.05, 3.63) is 41.8 Å². The zero-order chi connectivity index (χ0) is 19.3. The molecule has 2 N–H and O–H groups in total. The molecule has 0 atom stereocenters. The second-order valence-corrected chi connectivity index (χ2v) is 8.25. The van der Waals surface area contributed by atoms with Crippen LogP contribution in [0.25, 0.3) is 33.7 Å². The minimum absolute atomic E-state index is 0.280. The molecule has 0 radical (unpaired) electrons. The minimum atomic E-state index is -3.50. The van der Waals surface area contributed by atoms with Gasteiger partial charge in [0.25, 0.3) is 10.0 Å². The molecule has 138 valence electrons. The molecule has 4 aromatic rings. The average molecular weight is 404 g/mol. The zero-order valence-electron chi connectivity index (χ0n) is 14.3. The lowest BCUT2D eigenvalue weighted by atomic mass is 10.1. The van der Waals surface area contributed by atoms with E-state index in [-0.39, 0.29) is 5.02 Å². The van der Waals surface area contributed by atoms with E-state index in [1.165, 1.54) is 18.6 Å². The number of fused-ring (bicyclic) bond motifs is 1. The number of rotatable bonds is 3. The van der Waals surface area contributed by atoms with E-state index in [0.29, 0.717) is 28.5 Å². The molecule has 3 heterocycles. The Bertz CT molecular complexity index is 1290. The summed E-state index contributed by atoms with van der Waals surface area (Å²) >= 11 is 6.24. The van der Waals surface area contributed by atoms with Crippen LogP contribution in [0.4, 0.5) is 5.69 Å². The van der Waals surface area contributed by atoms with Crippen molar-refractivity contribution in [1.82, 2.24) is 28.9 Å². The Kier molecular flexibility index (Phi) is 3.89. The molecule has 0 fully saturated rings. The van der Waals surface area contributed by atoms with Gasteiger partial charge in [0.2, 0.25) is 0 Å². The summed E-state index contributed by atoms with van der Waals surface area (Å²) in [6.07, 6.45) is 5.27. The molecular weight excluding hydrogens is 390 g/mol. The van der Waals surface area contributed by atoms with Gasteiger partial charge in [0.15, 0.2) is 5.82 Å². The van der Waals surface area contributed by atoms with Gasteiger partial charge in [-0.25, -0.2) is 18.4 Å². The highest BCUT2D eigenvalue weighted by Crippen LogP contribution is 2.31. The monoisotopic (exact) mass is 403 g/mol. The lowest BCUT2D eigenvalue weighted by molar-refractivity contribution is 0.586. The van der Waals surface area contributed by atoms with Crippen LogP contribution >= 0.6 is 11.6 Å². The van der Waals surface area contributed by atoms with Crippen molar-refractivity contribution in [2.75, 3.05) is 12.0 Å². The van der Waals surface area contributed by atoms with Crippen LogP contribution in [0.15, 0.2) is 36.8 Å². The third-order valence-corrected chi connectivity index (χ3v) is 5.14. The number of anilines is 1. The average Bonchev–Trinajstić information content (AvgIpc) is 3.19. The van der Waals surface area contributed by atoms with E-state index in [0.717, 1.165) is 21.2 Å². The van der Waals surface area contributed by atoms with Gasteiger partial charge >= 0.3 is 0 Å². The smallest absolute Gasteiger partial charge is 0.250 e. The molecular formula is C16H14ClN7O2S. The van der Waals surface area contributed by atoms with Gasteiger partial charge in [0.05, 0.1) is 41.1 Å². The molecule has 0 saturated carbocycles. The molecule has 0 saturated heterocycles. The van der Waals surface area contributed by atoms with Gasteiger partial charge in [0, 0.05) is 23.7 Å². The zero-order valence-corrected chi connectivity index (χ0v) is 15.9. The number of hydrogen-bond acceptors (Lipinski definition) is 7. The summed E-state index contributed by atoms with van der Waals surface area (Å²) in [5, 5.41) is 9.41. The number of aromatic nitrogens is 6. The van der Waals surface area contributed by atoms with Crippen molar-refractivity contribution in [3.63, 3.8) is 0 Å². The molecule has 11 heteroatoms. The fourth-order valence-corrected chi connectivity index (χ4v) is 3.50. The number of benzene rings is 1. The third-order valence-electron chi connectivity index (χ3n) is 3.99. The largest absolute Gasteiger partial charge is 0.399 e.